The summed E-state index contributed by atoms with van der Waals surface area (Å²) in [5, 5.41) is 82.2. The third kappa shape index (κ3) is 5.43. The van der Waals surface area contributed by atoms with Crippen molar-refractivity contribution in [3.63, 3.8) is 0 Å². The molecule has 7 rings (SSSR count). The topological polar surface area (TPSA) is 190 Å². The average Bonchev–Trinajstić information content (AvgIpc) is 3.78. The van der Waals surface area contributed by atoms with Gasteiger partial charge in [-0.15, -0.1) is 0 Å². The summed E-state index contributed by atoms with van der Waals surface area (Å²) < 4.78 is 36.0. The van der Waals surface area contributed by atoms with E-state index in [1.54, 1.807) is 42.5 Å². The molecule has 0 saturated carbocycles. The van der Waals surface area contributed by atoms with Crippen LogP contribution in [0.4, 0.5) is 8.78 Å². The number of benzene rings is 4. The van der Waals surface area contributed by atoms with Gasteiger partial charge in [-0.1, -0.05) is 48.6 Å². The third-order valence-corrected chi connectivity index (χ3v) is 9.68. The van der Waals surface area contributed by atoms with E-state index >= 15 is 8.78 Å². The van der Waals surface area contributed by atoms with Gasteiger partial charge in [-0.25, -0.2) is 8.78 Å². The summed E-state index contributed by atoms with van der Waals surface area (Å²) >= 11 is 0. The largest absolute Gasteiger partial charge is 0.206 e. The van der Waals surface area contributed by atoms with E-state index in [1.807, 2.05) is 42.5 Å². The van der Waals surface area contributed by atoms with Crippen molar-refractivity contribution in [2.45, 2.75) is 12.8 Å². The third-order valence-electron chi connectivity index (χ3n) is 9.68. The maximum Gasteiger partial charge on any atom is 0.141 e. The fourth-order valence-electron chi connectivity index (χ4n) is 7.46. The van der Waals surface area contributed by atoms with E-state index < -0.39 is 33.9 Å². The standard InChI is InChI=1S/C46H18F2N8/c47-45-41-35(23-55)37(29-7-3-1-4-8-29)39(33(21-53)31-13-25(17-49)11-26(14-31)18-50)43(41)46(48)44-40(34(22-54)32-15-27(19-51)12-28(16-32)20-52)38(36(24-56)42(44)45)30-9-5-2-6-10-30/h1-5,7-9,11-16H,6,10H2/b39-33+,40-34+. The van der Waals surface area contributed by atoms with Gasteiger partial charge in [0.2, 0.25) is 0 Å². The summed E-state index contributed by atoms with van der Waals surface area (Å²) in [4.78, 5) is 0. The van der Waals surface area contributed by atoms with E-state index in [1.165, 1.54) is 36.4 Å². The molecule has 3 aliphatic carbocycles. The van der Waals surface area contributed by atoms with E-state index in [0.717, 1.165) is 0 Å². The van der Waals surface area contributed by atoms with Crippen molar-refractivity contribution in [2.75, 3.05) is 0 Å². The second-order valence-electron chi connectivity index (χ2n) is 12.6. The Kier molecular flexibility index (Phi) is 9.04. The quantitative estimate of drug-likeness (QED) is 0.186. The molecule has 0 aliphatic heterocycles. The predicted molar refractivity (Wildman–Crippen MR) is 201 cm³/mol. The van der Waals surface area contributed by atoms with Crippen LogP contribution >= 0.6 is 0 Å². The molecule has 0 saturated heterocycles. The van der Waals surface area contributed by atoms with Gasteiger partial charge >= 0.3 is 0 Å². The van der Waals surface area contributed by atoms with Crippen molar-refractivity contribution in [2.24, 2.45) is 0 Å². The molecule has 0 unspecified atom stereocenters. The second kappa shape index (κ2) is 14.3. The SMILES string of the molecule is N#CC1=C(C2=CC=CCC2)/C(=C(/C#N)c2cc(C#N)cc(C#N)c2)c2c(F)c3c(c(F)c21)C(C#N)=C(c1ccccc1)/C3=C(/C#N)c1cc(C#N)cc(C#N)c1. The highest BCUT2D eigenvalue weighted by Gasteiger charge is 2.44. The van der Waals surface area contributed by atoms with Gasteiger partial charge < -0.3 is 0 Å². The Hall–Kier alpha value is -8.90. The minimum absolute atomic E-state index is 0.00347. The maximum atomic E-state index is 18.2. The number of halogens is 2. The Morgan fingerprint density at radius 3 is 1.38 bits per heavy atom. The molecule has 0 fully saturated rings. The summed E-state index contributed by atoms with van der Waals surface area (Å²) in [6.45, 7) is 0. The van der Waals surface area contributed by atoms with Crippen LogP contribution in [0, 0.1) is 102 Å². The van der Waals surface area contributed by atoms with E-state index in [0.29, 0.717) is 24.0 Å². The molecule has 0 radical (unpaired) electrons. The summed E-state index contributed by atoms with van der Waals surface area (Å²) in [6, 6.07) is 32.1. The first-order valence-electron chi connectivity index (χ1n) is 16.8. The molecule has 0 spiro atoms. The summed E-state index contributed by atoms with van der Waals surface area (Å²) in [5.41, 5.74) is -2.49. The van der Waals surface area contributed by atoms with Gasteiger partial charge in [0.05, 0.1) is 68.8 Å². The molecule has 10 heteroatoms. The highest BCUT2D eigenvalue weighted by atomic mass is 19.1. The minimum Gasteiger partial charge on any atom is -0.206 e. The van der Waals surface area contributed by atoms with Crippen LogP contribution < -0.4 is 0 Å². The number of nitrogens with zero attached hydrogens (tertiary/aromatic N) is 8. The van der Waals surface area contributed by atoms with E-state index in [2.05, 4.69) is 12.1 Å². The molecule has 56 heavy (non-hydrogen) atoms. The first kappa shape index (κ1) is 35.5. The lowest BCUT2D eigenvalue weighted by Gasteiger charge is -2.18. The molecule has 3 aliphatic rings. The highest BCUT2D eigenvalue weighted by Crippen LogP contribution is 2.58. The zero-order valence-corrected chi connectivity index (χ0v) is 28.8. The molecule has 0 heterocycles. The summed E-state index contributed by atoms with van der Waals surface area (Å²) in [7, 11) is 0. The fraction of sp³-hybridized carbons (Fsp3) is 0.0435. The van der Waals surface area contributed by atoms with Gasteiger partial charge in [0.25, 0.3) is 0 Å². The van der Waals surface area contributed by atoms with Crippen LogP contribution in [0.1, 0.15) is 74.0 Å². The van der Waals surface area contributed by atoms with E-state index in [9.17, 15) is 42.1 Å². The molecule has 4 aromatic rings. The molecule has 4 aromatic carbocycles. The Balaban J connectivity index is 1.72. The van der Waals surface area contributed by atoms with Gasteiger partial charge in [-0.05, 0) is 71.5 Å². The maximum absolute atomic E-state index is 18.2. The first-order chi connectivity index (χ1) is 27.3. The molecule has 256 valence electrons. The zero-order chi connectivity index (χ0) is 39.7. The van der Waals surface area contributed by atoms with Crippen LogP contribution in [-0.4, -0.2) is 0 Å². The second-order valence-corrected chi connectivity index (χ2v) is 12.6. The van der Waals surface area contributed by atoms with Crippen molar-refractivity contribution < 1.29 is 8.78 Å². The number of rotatable bonds is 4. The normalized spacial score (nSPS) is 15.4. The van der Waals surface area contributed by atoms with Crippen molar-refractivity contribution in [1.29, 1.82) is 42.1 Å². The molecular weight excluding hydrogens is 703 g/mol. The van der Waals surface area contributed by atoms with Crippen LogP contribution in [0.25, 0.3) is 39.0 Å². The summed E-state index contributed by atoms with van der Waals surface area (Å²) in [5.74, 6) is -2.29. The molecular formula is C46H18F2N8. The number of fused-ring (bicyclic) bond motifs is 2. The highest BCUT2D eigenvalue weighted by molar-refractivity contribution is 6.31. The lowest BCUT2D eigenvalue weighted by Crippen LogP contribution is -2.06. The Morgan fingerprint density at radius 1 is 0.518 bits per heavy atom. The van der Waals surface area contributed by atoms with Gasteiger partial charge in [0, 0.05) is 44.5 Å². The molecule has 0 N–H and O–H groups in total. The number of allylic oxidation sites excluding steroid dienone is 12. The average molecular weight is 721 g/mol. The number of hydrogen-bond acceptors (Lipinski definition) is 8. The van der Waals surface area contributed by atoms with Crippen LogP contribution in [-0.2, 0) is 0 Å². The smallest absolute Gasteiger partial charge is 0.141 e. The Bertz CT molecular complexity index is 3000. The number of hydrogen-bond donors (Lipinski definition) is 0. The minimum atomic E-state index is -1.15. The Labute approximate surface area is 319 Å². The molecule has 0 atom stereocenters. The fourth-order valence-corrected chi connectivity index (χ4v) is 7.46. The van der Waals surface area contributed by atoms with E-state index in [-0.39, 0.29) is 78.0 Å². The van der Waals surface area contributed by atoms with Crippen LogP contribution in [0.2, 0.25) is 0 Å². The van der Waals surface area contributed by atoms with Crippen molar-refractivity contribution in [1.82, 2.24) is 0 Å². The van der Waals surface area contributed by atoms with Gasteiger partial charge in [-0.2, -0.15) is 42.1 Å². The van der Waals surface area contributed by atoms with Crippen LogP contribution in [0.15, 0.2) is 96.1 Å². The van der Waals surface area contributed by atoms with Gasteiger partial charge in [0.1, 0.15) is 35.9 Å². The monoisotopic (exact) mass is 720 g/mol. The van der Waals surface area contributed by atoms with Crippen molar-refractivity contribution >= 4 is 39.0 Å². The van der Waals surface area contributed by atoms with Crippen molar-refractivity contribution in [3.8, 4) is 48.6 Å². The van der Waals surface area contributed by atoms with Crippen LogP contribution in [0.3, 0.4) is 0 Å². The van der Waals surface area contributed by atoms with E-state index in [4.69, 9.17) is 0 Å². The van der Waals surface area contributed by atoms with Crippen molar-refractivity contribution in [3.05, 3.63) is 169 Å². The molecule has 8 nitrogen and oxygen atoms in total. The van der Waals surface area contributed by atoms with Gasteiger partial charge in [-0.3, -0.25) is 0 Å². The van der Waals surface area contributed by atoms with Gasteiger partial charge in [0.15, 0.2) is 0 Å². The lowest BCUT2D eigenvalue weighted by molar-refractivity contribution is 0.590. The molecule has 0 bridgehead atoms. The predicted octanol–water partition coefficient (Wildman–Crippen LogP) is 9.34. The first-order valence-corrected chi connectivity index (χ1v) is 16.8. The molecule has 0 amide bonds. The Morgan fingerprint density at radius 2 is 0.964 bits per heavy atom. The van der Waals surface area contributed by atoms with Crippen LogP contribution in [0.5, 0.6) is 0 Å². The molecule has 0 aromatic heterocycles. The number of nitriles is 8. The summed E-state index contributed by atoms with van der Waals surface area (Å²) in [6.07, 6.45) is 6.11. The lowest BCUT2D eigenvalue weighted by atomic mass is 9.84. The zero-order valence-electron chi connectivity index (χ0n) is 28.8.